The number of H-pyrrole nitrogens is 1. The molecule has 5 nitrogen and oxygen atoms in total. The minimum Gasteiger partial charge on any atom is -0.465 e. The first-order valence-corrected chi connectivity index (χ1v) is 6.37. The molecule has 0 radical (unpaired) electrons. The van der Waals surface area contributed by atoms with Gasteiger partial charge in [0.25, 0.3) is 0 Å². The predicted molar refractivity (Wildman–Crippen MR) is 73.6 cm³/mol. The Hall–Kier alpha value is -1.88. The largest absolute Gasteiger partial charge is 0.465 e. The van der Waals surface area contributed by atoms with Gasteiger partial charge < -0.3 is 9.72 Å². The quantitative estimate of drug-likeness (QED) is 0.808. The van der Waals surface area contributed by atoms with Gasteiger partial charge in [0.15, 0.2) is 0 Å². The van der Waals surface area contributed by atoms with Crippen LogP contribution >= 0.6 is 0 Å². The molecule has 0 amide bonds. The summed E-state index contributed by atoms with van der Waals surface area (Å²) in [5.74, 6) is -0.238. The number of aromatic amines is 1. The maximum Gasteiger partial charge on any atom is 0.325 e. The second-order valence-electron chi connectivity index (χ2n) is 4.95. The van der Waals surface area contributed by atoms with E-state index in [1.54, 1.807) is 13.3 Å². The van der Waals surface area contributed by atoms with Crippen LogP contribution in [0.1, 0.15) is 26.3 Å². The average molecular weight is 261 g/mol. The van der Waals surface area contributed by atoms with Gasteiger partial charge in [-0.15, -0.1) is 0 Å². The molecule has 1 aromatic heterocycles. The maximum absolute atomic E-state index is 11.8. The molecule has 0 bridgehead atoms. The van der Waals surface area contributed by atoms with Crippen molar-refractivity contribution in [2.75, 3.05) is 6.61 Å². The number of esters is 1. The summed E-state index contributed by atoms with van der Waals surface area (Å²) in [5.41, 5.74) is 2.33. The molecule has 0 saturated heterocycles. The highest BCUT2D eigenvalue weighted by atomic mass is 16.5. The number of carbonyl (C=O) groups excluding carboxylic acids is 1. The van der Waals surface area contributed by atoms with Crippen LogP contribution in [0.25, 0.3) is 11.0 Å². The molecule has 0 aliphatic carbocycles. The van der Waals surface area contributed by atoms with Crippen LogP contribution in [0.5, 0.6) is 0 Å². The van der Waals surface area contributed by atoms with Crippen LogP contribution in [0.4, 0.5) is 0 Å². The van der Waals surface area contributed by atoms with Gasteiger partial charge in [-0.25, -0.2) is 4.98 Å². The maximum atomic E-state index is 11.8. The van der Waals surface area contributed by atoms with Crippen LogP contribution in [0.15, 0.2) is 24.5 Å². The highest BCUT2D eigenvalue weighted by Gasteiger charge is 2.28. The molecule has 0 atom stereocenters. The molecule has 0 saturated carbocycles. The molecule has 2 N–H and O–H groups in total. The molecule has 0 unspecified atom stereocenters. The first-order valence-electron chi connectivity index (χ1n) is 6.37. The van der Waals surface area contributed by atoms with Crippen LogP contribution in [0.3, 0.4) is 0 Å². The Labute approximate surface area is 112 Å². The summed E-state index contributed by atoms with van der Waals surface area (Å²) < 4.78 is 5.04. The normalized spacial score (nSPS) is 11.7. The molecule has 5 heteroatoms. The number of carbonyl (C=O) groups is 1. The van der Waals surface area contributed by atoms with E-state index in [1.807, 2.05) is 32.0 Å². The van der Waals surface area contributed by atoms with E-state index >= 15 is 0 Å². The first-order chi connectivity index (χ1) is 9.03. The number of ether oxygens (including phenoxy) is 1. The summed E-state index contributed by atoms with van der Waals surface area (Å²) >= 11 is 0. The standard InChI is InChI=1S/C14H19N3O2/c1-4-19-13(18)14(2,3)17-8-10-5-6-11-12(7-10)16-9-15-11/h5-7,9,17H,4,8H2,1-3H3,(H,15,16). The highest BCUT2D eigenvalue weighted by Crippen LogP contribution is 2.13. The Bertz CT molecular complexity index is 575. The number of aromatic nitrogens is 2. The average Bonchev–Trinajstić information content (AvgIpc) is 2.84. The number of imidazole rings is 1. The van der Waals surface area contributed by atoms with Crippen molar-refractivity contribution in [3.8, 4) is 0 Å². The van der Waals surface area contributed by atoms with E-state index in [4.69, 9.17) is 4.74 Å². The Morgan fingerprint density at radius 3 is 3.00 bits per heavy atom. The number of rotatable bonds is 5. The van der Waals surface area contributed by atoms with Gasteiger partial charge in [-0.3, -0.25) is 10.1 Å². The molecule has 0 aliphatic heterocycles. The molecule has 0 spiro atoms. The third-order valence-corrected chi connectivity index (χ3v) is 3.00. The third-order valence-electron chi connectivity index (χ3n) is 3.00. The van der Waals surface area contributed by atoms with Gasteiger partial charge in [-0.1, -0.05) is 6.07 Å². The summed E-state index contributed by atoms with van der Waals surface area (Å²) in [6, 6.07) is 5.98. The lowest BCUT2D eigenvalue weighted by Crippen LogP contribution is -2.47. The van der Waals surface area contributed by atoms with Gasteiger partial charge in [-0.05, 0) is 38.5 Å². The lowest BCUT2D eigenvalue weighted by molar-refractivity contribution is -0.149. The monoisotopic (exact) mass is 261 g/mol. The van der Waals surface area contributed by atoms with E-state index in [0.717, 1.165) is 16.6 Å². The minimum absolute atomic E-state index is 0.238. The van der Waals surface area contributed by atoms with Gasteiger partial charge in [0, 0.05) is 6.54 Å². The van der Waals surface area contributed by atoms with Gasteiger partial charge in [0.2, 0.25) is 0 Å². The van der Waals surface area contributed by atoms with Crippen molar-refractivity contribution < 1.29 is 9.53 Å². The van der Waals surface area contributed by atoms with Crippen molar-refractivity contribution in [1.82, 2.24) is 15.3 Å². The predicted octanol–water partition coefficient (Wildman–Crippen LogP) is 1.99. The Kier molecular flexibility index (Phi) is 3.85. The number of hydrogen-bond donors (Lipinski definition) is 2. The van der Waals surface area contributed by atoms with Crippen molar-refractivity contribution in [2.24, 2.45) is 0 Å². The molecular weight excluding hydrogens is 242 g/mol. The molecule has 0 aliphatic rings. The van der Waals surface area contributed by atoms with Crippen molar-refractivity contribution in [3.63, 3.8) is 0 Å². The molecule has 2 aromatic rings. The van der Waals surface area contributed by atoms with E-state index in [9.17, 15) is 4.79 Å². The highest BCUT2D eigenvalue weighted by molar-refractivity contribution is 5.79. The summed E-state index contributed by atoms with van der Waals surface area (Å²) in [6.07, 6.45) is 1.67. The Morgan fingerprint density at radius 2 is 2.26 bits per heavy atom. The van der Waals surface area contributed by atoms with Crippen LogP contribution in [-0.2, 0) is 16.1 Å². The second-order valence-corrected chi connectivity index (χ2v) is 4.95. The van der Waals surface area contributed by atoms with Crippen LogP contribution in [-0.4, -0.2) is 28.1 Å². The Balaban J connectivity index is 2.03. The third kappa shape index (κ3) is 3.12. The van der Waals surface area contributed by atoms with E-state index in [-0.39, 0.29) is 5.97 Å². The molecular formula is C14H19N3O2. The molecule has 2 rings (SSSR count). The van der Waals surface area contributed by atoms with E-state index in [1.165, 1.54) is 0 Å². The summed E-state index contributed by atoms with van der Waals surface area (Å²) in [7, 11) is 0. The first kappa shape index (κ1) is 13.5. The number of benzene rings is 1. The zero-order valence-electron chi connectivity index (χ0n) is 11.5. The van der Waals surface area contributed by atoms with Gasteiger partial charge in [0.05, 0.1) is 24.0 Å². The fourth-order valence-electron chi connectivity index (χ4n) is 1.80. The number of nitrogens with zero attached hydrogens (tertiary/aromatic N) is 1. The van der Waals surface area contributed by atoms with E-state index in [0.29, 0.717) is 13.2 Å². The van der Waals surface area contributed by atoms with Crippen LogP contribution < -0.4 is 5.32 Å². The molecule has 1 heterocycles. The van der Waals surface area contributed by atoms with Gasteiger partial charge in [-0.2, -0.15) is 0 Å². The fourth-order valence-corrected chi connectivity index (χ4v) is 1.80. The topological polar surface area (TPSA) is 67.0 Å². The van der Waals surface area contributed by atoms with Crippen molar-refractivity contribution >= 4 is 17.0 Å². The number of nitrogens with one attached hydrogen (secondary N) is 2. The van der Waals surface area contributed by atoms with Crippen LogP contribution in [0, 0.1) is 0 Å². The van der Waals surface area contributed by atoms with Gasteiger partial charge >= 0.3 is 5.97 Å². The Morgan fingerprint density at radius 1 is 1.47 bits per heavy atom. The van der Waals surface area contributed by atoms with E-state index < -0.39 is 5.54 Å². The lowest BCUT2D eigenvalue weighted by atomic mass is 10.1. The second kappa shape index (κ2) is 5.40. The molecule has 19 heavy (non-hydrogen) atoms. The van der Waals surface area contributed by atoms with Crippen molar-refractivity contribution in [2.45, 2.75) is 32.9 Å². The summed E-state index contributed by atoms with van der Waals surface area (Å²) in [5, 5.41) is 3.21. The lowest BCUT2D eigenvalue weighted by Gasteiger charge is -2.23. The summed E-state index contributed by atoms with van der Waals surface area (Å²) in [4.78, 5) is 19.0. The number of fused-ring (bicyclic) bond motifs is 1. The molecule has 1 aromatic carbocycles. The summed E-state index contributed by atoms with van der Waals surface area (Å²) in [6.45, 7) is 6.43. The van der Waals surface area contributed by atoms with Crippen LogP contribution in [0.2, 0.25) is 0 Å². The fraction of sp³-hybridized carbons (Fsp3) is 0.429. The zero-order valence-corrected chi connectivity index (χ0v) is 11.5. The van der Waals surface area contributed by atoms with Crippen molar-refractivity contribution in [1.29, 1.82) is 0 Å². The zero-order chi connectivity index (χ0) is 13.9. The smallest absolute Gasteiger partial charge is 0.325 e. The van der Waals surface area contributed by atoms with E-state index in [2.05, 4.69) is 15.3 Å². The molecule has 102 valence electrons. The number of hydrogen-bond acceptors (Lipinski definition) is 4. The van der Waals surface area contributed by atoms with Crippen molar-refractivity contribution in [3.05, 3.63) is 30.1 Å². The SMILES string of the molecule is CCOC(=O)C(C)(C)NCc1ccc2nc[nH]c2c1. The molecule has 0 fully saturated rings. The minimum atomic E-state index is -0.695. The van der Waals surface area contributed by atoms with Gasteiger partial charge in [0.1, 0.15) is 5.54 Å².